The third-order valence-electron chi connectivity index (χ3n) is 3.75. The van der Waals surface area contributed by atoms with E-state index in [2.05, 4.69) is 45.0 Å². The minimum Gasteiger partial charge on any atom is -0.342 e. The van der Waals surface area contributed by atoms with E-state index >= 15 is 0 Å². The lowest BCUT2D eigenvalue weighted by Gasteiger charge is -2.38. The average molecular weight is 245 g/mol. The summed E-state index contributed by atoms with van der Waals surface area (Å²) < 4.78 is 0. The van der Waals surface area contributed by atoms with Crippen LogP contribution in [0.2, 0.25) is 0 Å². The van der Waals surface area contributed by atoms with Crippen LogP contribution in [0.3, 0.4) is 0 Å². The molecule has 0 aromatic heterocycles. The van der Waals surface area contributed by atoms with Crippen molar-refractivity contribution in [3.05, 3.63) is 35.4 Å². The Morgan fingerprint density at radius 2 is 1.78 bits per heavy atom. The Hall–Kier alpha value is -1.31. The molecule has 0 atom stereocenters. The molecule has 1 amide bonds. The zero-order valence-corrected chi connectivity index (χ0v) is 11.9. The predicted molar refractivity (Wildman–Crippen MR) is 74.6 cm³/mol. The molecular formula is C16H23NO. The molecule has 0 bridgehead atoms. The van der Waals surface area contributed by atoms with E-state index < -0.39 is 0 Å². The van der Waals surface area contributed by atoms with Gasteiger partial charge in [0.25, 0.3) is 0 Å². The maximum atomic E-state index is 11.1. The first kappa shape index (κ1) is 13.1. The standard InChI is InChI=1S/C16H23NO/c1-12(18)17-10-14(11-17)9-13-5-7-15(8-6-13)16(2,3)4/h5-8,14H,9-11H2,1-4H3. The summed E-state index contributed by atoms with van der Waals surface area (Å²) in [5.74, 6) is 0.851. The molecule has 2 heteroatoms. The fourth-order valence-corrected chi connectivity index (χ4v) is 2.43. The van der Waals surface area contributed by atoms with Crippen molar-refractivity contribution < 1.29 is 4.79 Å². The maximum absolute atomic E-state index is 11.1. The van der Waals surface area contributed by atoms with E-state index in [9.17, 15) is 4.79 Å². The second-order valence-corrected chi connectivity index (χ2v) is 6.44. The molecule has 1 aromatic rings. The van der Waals surface area contributed by atoms with Gasteiger partial charge in [-0.25, -0.2) is 0 Å². The van der Waals surface area contributed by atoms with Gasteiger partial charge in [0, 0.05) is 20.0 Å². The summed E-state index contributed by atoms with van der Waals surface area (Å²) in [6, 6.07) is 8.93. The second kappa shape index (κ2) is 4.75. The fourth-order valence-electron chi connectivity index (χ4n) is 2.43. The molecule has 0 spiro atoms. The first-order chi connectivity index (χ1) is 8.36. The third-order valence-corrected chi connectivity index (χ3v) is 3.75. The summed E-state index contributed by atoms with van der Waals surface area (Å²) >= 11 is 0. The summed E-state index contributed by atoms with van der Waals surface area (Å²) in [6.07, 6.45) is 1.09. The third kappa shape index (κ3) is 2.92. The summed E-state index contributed by atoms with van der Waals surface area (Å²) in [6.45, 7) is 10.2. The molecule has 1 aliphatic rings. The Morgan fingerprint density at radius 3 is 2.22 bits per heavy atom. The van der Waals surface area contributed by atoms with Crippen molar-refractivity contribution in [2.75, 3.05) is 13.1 Å². The largest absolute Gasteiger partial charge is 0.342 e. The van der Waals surface area contributed by atoms with Crippen molar-refractivity contribution in [1.29, 1.82) is 0 Å². The zero-order chi connectivity index (χ0) is 13.3. The van der Waals surface area contributed by atoms with Crippen LogP contribution in [-0.2, 0) is 16.6 Å². The molecule has 98 valence electrons. The lowest BCUT2D eigenvalue weighted by atomic mass is 9.85. The highest BCUT2D eigenvalue weighted by atomic mass is 16.2. The van der Waals surface area contributed by atoms with E-state index in [1.807, 2.05) is 4.90 Å². The van der Waals surface area contributed by atoms with Gasteiger partial charge in [-0.15, -0.1) is 0 Å². The molecule has 2 nitrogen and oxygen atoms in total. The minimum atomic E-state index is 0.203. The van der Waals surface area contributed by atoms with Crippen LogP contribution in [0.25, 0.3) is 0 Å². The van der Waals surface area contributed by atoms with E-state index in [-0.39, 0.29) is 11.3 Å². The molecule has 1 aliphatic heterocycles. The number of rotatable bonds is 2. The summed E-state index contributed by atoms with van der Waals surface area (Å²) in [5, 5.41) is 0. The number of benzene rings is 1. The molecule has 18 heavy (non-hydrogen) atoms. The molecule has 2 rings (SSSR count). The SMILES string of the molecule is CC(=O)N1CC(Cc2ccc(C(C)(C)C)cc2)C1. The number of nitrogens with zero attached hydrogens (tertiary/aromatic N) is 1. The highest BCUT2D eigenvalue weighted by Gasteiger charge is 2.28. The van der Waals surface area contributed by atoms with Crippen molar-refractivity contribution in [3.63, 3.8) is 0 Å². The Morgan fingerprint density at radius 1 is 1.22 bits per heavy atom. The van der Waals surface area contributed by atoms with Gasteiger partial charge in [0.1, 0.15) is 0 Å². The normalized spacial score (nSPS) is 16.6. The Labute approximate surface area is 110 Å². The molecular weight excluding hydrogens is 222 g/mol. The number of hydrogen-bond acceptors (Lipinski definition) is 1. The Bertz CT molecular complexity index is 421. The van der Waals surface area contributed by atoms with Gasteiger partial charge in [-0.05, 0) is 28.9 Å². The Balaban J connectivity index is 1.90. The van der Waals surface area contributed by atoms with E-state index in [4.69, 9.17) is 0 Å². The average Bonchev–Trinajstić information content (AvgIpc) is 2.21. The van der Waals surface area contributed by atoms with E-state index in [0.29, 0.717) is 5.92 Å². The van der Waals surface area contributed by atoms with Crippen LogP contribution in [0, 0.1) is 5.92 Å². The lowest BCUT2D eigenvalue weighted by Crippen LogP contribution is -2.49. The molecule has 1 fully saturated rings. The van der Waals surface area contributed by atoms with Gasteiger partial charge in [0.2, 0.25) is 5.91 Å². The van der Waals surface area contributed by atoms with Gasteiger partial charge in [-0.2, -0.15) is 0 Å². The molecule has 0 unspecified atom stereocenters. The van der Waals surface area contributed by atoms with Crippen molar-refractivity contribution in [2.45, 2.75) is 39.5 Å². The number of likely N-dealkylation sites (tertiary alicyclic amines) is 1. The number of amides is 1. The van der Waals surface area contributed by atoms with Crippen LogP contribution >= 0.6 is 0 Å². The number of hydrogen-bond donors (Lipinski definition) is 0. The van der Waals surface area contributed by atoms with E-state index in [0.717, 1.165) is 19.5 Å². The van der Waals surface area contributed by atoms with Gasteiger partial charge in [-0.1, -0.05) is 45.0 Å². The quantitative estimate of drug-likeness (QED) is 0.784. The van der Waals surface area contributed by atoms with Crippen LogP contribution in [0.1, 0.15) is 38.8 Å². The number of carbonyl (C=O) groups is 1. The highest BCUT2D eigenvalue weighted by molar-refractivity contribution is 5.74. The summed E-state index contributed by atoms with van der Waals surface area (Å²) in [4.78, 5) is 13.0. The summed E-state index contributed by atoms with van der Waals surface area (Å²) in [7, 11) is 0. The Kier molecular flexibility index (Phi) is 3.47. The second-order valence-electron chi connectivity index (χ2n) is 6.44. The minimum absolute atomic E-state index is 0.203. The predicted octanol–water partition coefficient (Wildman–Crippen LogP) is 3.00. The summed E-state index contributed by atoms with van der Waals surface area (Å²) in [5.41, 5.74) is 2.99. The van der Waals surface area contributed by atoms with Crippen molar-refractivity contribution >= 4 is 5.91 Å². The van der Waals surface area contributed by atoms with Gasteiger partial charge in [0.05, 0.1) is 0 Å². The molecule has 1 aromatic carbocycles. The van der Waals surface area contributed by atoms with E-state index in [1.165, 1.54) is 11.1 Å². The maximum Gasteiger partial charge on any atom is 0.219 e. The lowest BCUT2D eigenvalue weighted by molar-refractivity contribution is -0.134. The molecule has 1 saturated heterocycles. The van der Waals surface area contributed by atoms with Gasteiger partial charge in [0.15, 0.2) is 0 Å². The van der Waals surface area contributed by atoms with E-state index in [1.54, 1.807) is 6.92 Å². The van der Waals surface area contributed by atoms with Crippen molar-refractivity contribution in [1.82, 2.24) is 4.90 Å². The van der Waals surface area contributed by atoms with Crippen LogP contribution in [0.5, 0.6) is 0 Å². The topological polar surface area (TPSA) is 20.3 Å². The molecule has 1 heterocycles. The van der Waals surface area contributed by atoms with Gasteiger partial charge < -0.3 is 4.90 Å². The monoisotopic (exact) mass is 245 g/mol. The molecule has 0 saturated carbocycles. The smallest absolute Gasteiger partial charge is 0.219 e. The van der Waals surface area contributed by atoms with Gasteiger partial charge >= 0.3 is 0 Å². The highest BCUT2D eigenvalue weighted by Crippen LogP contribution is 2.24. The fraction of sp³-hybridized carbons (Fsp3) is 0.562. The molecule has 0 radical (unpaired) electrons. The van der Waals surface area contributed by atoms with Crippen molar-refractivity contribution in [2.24, 2.45) is 5.92 Å². The van der Waals surface area contributed by atoms with Crippen LogP contribution < -0.4 is 0 Å². The first-order valence-electron chi connectivity index (χ1n) is 6.71. The number of carbonyl (C=O) groups excluding carboxylic acids is 1. The molecule has 0 N–H and O–H groups in total. The van der Waals surface area contributed by atoms with Crippen molar-refractivity contribution in [3.8, 4) is 0 Å². The van der Waals surface area contributed by atoms with Gasteiger partial charge in [-0.3, -0.25) is 4.79 Å². The van der Waals surface area contributed by atoms with Crippen LogP contribution in [0.4, 0.5) is 0 Å². The first-order valence-corrected chi connectivity index (χ1v) is 6.71. The molecule has 0 aliphatic carbocycles. The van der Waals surface area contributed by atoms with Crippen LogP contribution in [0.15, 0.2) is 24.3 Å². The van der Waals surface area contributed by atoms with Crippen LogP contribution in [-0.4, -0.2) is 23.9 Å². The zero-order valence-electron chi connectivity index (χ0n) is 11.9.